The molecule has 0 unspecified atom stereocenters. The summed E-state index contributed by atoms with van der Waals surface area (Å²) in [5.41, 5.74) is 2.80. The van der Waals surface area contributed by atoms with Gasteiger partial charge in [-0.05, 0) is 53.3 Å². The zero-order valence-corrected chi connectivity index (χ0v) is 19.0. The molecular formula is C25H26N2O4S. The molecule has 0 aliphatic carbocycles. The predicted octanol–water partition coefficient (Wildman–Crippen LogP) is 4.06. The summed E-state index contributed by atoms with van der Waals surface area (Å²) in [7, 11) is 3.24. The van der Waals surface area contributed by atoms with Gasteiger partial charge in [-0.15, -0.1) is 11.3 Å². The lowest BCUT2D eigenvalue weighted by Crippen LogP contribution is -2.41. The maximum atomic E-state index is 13.2. The minimum Gasteiger partial charge on any atom is -0.493 e. The second-order valence-electron chi connectivity index (χ2n) is 7.53. The summed E-state index contributed by atoms with van der Waals surface area (Å²) in [6.45, 7) is 0.898. The number of hydrogen-bond donors (Lipinski definition) is 1. The summed E-state index contributed by atoms with van der Waals surface area (Å²) < 4.78 is 11.0. The molecule has 2 aromatic carbocycles. The Morgan fingerprint density at radius 1 is 1.06 bits per heavy atom. The van der Waals surface area contributed by atoms with Crippen molar-refractivity contribution in [3.8, 4) is 11.5 Å². The molecule has 7 heteroatoms. The van der Waals surface area contributed by atoms with Crippen LogP contribution in [0.1, 0.15) is 38.8 Å². The predicted molar refractivity (Wildman–Crippen MR) is 125 cm³/mol. The van der Waals surface area contributed by atoms with Crippen molar-refractivity contribution in [2.45, 2.75) is 18.9 Å². The number of fused-ring (bicyclic) bond motifs is 1. The smallest absolute Gasteiger partial charge is 0.251 e. The summed E-state index contributed by atoms with van der Waals surface area (Å²) in [5.74, 6) is 1.18. The summed E-state index contributed by atoms with van der Waals surface area (Å²) in [6.07, 6.45) is 0.975. The Labute approximate surface area is 191 Å². The van der Waals surface area contributed by atoms with E-state index < -0.39 is 0 Å². The maximum absolute atomic E-state index is 13.2. The van der Waals surface area contributed by atoms with Gasteiger partial charge in [0.05, 0.1) is 20.3 Å². The SMILES string of the molecule is COc1cc2c(cc1OC)[C@H](c1cccs1)N(C(=O)CCNC(=O)c1ccccc1)CC2. The summed E-state index contributed by atoms with van der Waals surface area (Å²) >= 11 is 1.63. The fourth-order valence-electron chi connectivity index (χ4n) is 4.09. The minimum absolute atomic E-state index is 0.0113. The minimum atomic E-state index is -0.184. The van der Waals surface area contributed by atoms with Crippen molar-refractivity contribution in [1.29, 1.82) is 0 Å². The van der Waals surface area contributed by atoms with E-state index in [2.05, 4.69) is 11.4 Å². The first kappa shape index (κ1) is 21.9. The average molecular weight is 451 g/mol. The highest BCUT2D eigenvalue weighted by Gasteiger charge is 2.33. The van der Waals surface area contributed by atoms with Gasteiger partial charge in [0.2, 0.25) is 5.91 Å². The highest BCUT2D eigenvalue weighted by molar-refractivity contribution is 7.10. The van der Waals surface area contributed by atoms with Gasteiger partial charge in [0.25, 0.3) is 5.91 Å². The molecule has 0 spiro atoms. The van der Waals surface area contributed by atoms with Crippen molar-refractivity contribution >= 4 is 23.2 Å². The molecule has 0 saturated carbocycles. The first-order chi connectivity index (χ1) is 15.6. The second-order valence-corrected chi connectivity index (χ2v) is 8.51. The number of amides is 2. The lowest BCUT2D eigenvalue weighted by molar-refractivity contribution is -0.133. The molecule has 2 amide bonds. The van der Waals surface area contributed by atoms with Gasteiger partial charge in [-0.3, -0.25) is 9.59 Å². The highest BCUT2D eigenvalue weighted by Crippen LogP contribution is 2.42. The van der Waals surface area contributed by atoms with Crippen molar-refractivity contribution in [3.63, 3.8) is 0 Å². The van der Waals surface area contributed by atoms with E-state index in [1.807, 2.05) is 46.7 Å². The molecule has 1 N–H and O–H groups in total. The quantitative estimate of drug-likeness (QED) is 0.590. The Kier molecular flexibility index (Phi) is 6.75. The zero-order valence-electron chi connectivity index (χ0n) is 18.2. The molecule has 3 aromatic rings. The molecule has 2 heterocycles. The molecule has 0 bridgehead atoms. The van der Waals surface area contributed by atoms with E-state index in [1.165, 1.54) is 0 Å². The van der Waals surface area contributed by atoms with E-state index in [0.29, 0.717) is 30.2 Å². The molecule has 0 fully saturated rings. The lowest BCUT2D eigenvalue weighted by Gasteiger charge is -2.37. The summed E-state index contributed by atoms with van der Waals surface area (Å²) in [6, 6.07) is 16.9. The van der Waals surface area contributed by atoms with Crippen LogP contribution in [-0.4, -0.2) is 44.0 Å². The van der Waals surface area contributed by atoms with E-state index in [4.69, 9.17) is 9.47 Å². The van der Waals surface area contributed by atoms with E-state index in [9.17, 15) is 9.59 Å². The molecule has 1 aromatic heterocycles. The van der Waals surface area contributed by atoms with E-state index >= 15 is 0 Å². The Morgan fingerprint density at radius 3 is 2.50 bits per heavy atom. The summed E-state index contributed by atoms with van der Waals surface area (Å²) in [4.78, 5) is 28.5. The number of hydrogen-bond acceptors (Lipinski definition) is 5. The Bertz CT molecular complexity index is 1080. The number of nitrogens with one attached hydrogen (secondary N) is 1. The van der Waals surface area contributed by atoms with Crippen LogP contribution in [0.3, 0.4) is 0 Å². The van der Waals surface area contributed by atoms with Crippen LogP contribution in [0.4, 0.5) is 0 Å². The Morgan fingerprint density at radius 2 is 1.81 bits per heavy atom. The third kappa shape index (κ3) is 4.48. The molecule has 1 atom stereocenters. The van der Waals surface area contributed by atoms with Gasteiger partial charge in [-0.2, -0.15) is 0 Å². The van der Waals surface area contributed by atoms with Crippen LogP contribution in [0, 0.1) is 0 Å². The van der Waals surface area contributed by atoms with Crippen molar-refractivity contribution in [3.05, 3.63) is 81.5 Å². The standard InChI is InChI=1S/C25H26N2O4S/c1-30-20-15-18-11-13-27(23(28)10-12-26-25(29)17-7-4-3-5-8-17)24(22-9-6-14-32-22)19(18)16-21(20)31-2/h3-9,14-16,24H,10-13H2,1-2H3,(H,26,29)/t24-/m1/s1. The fraction of sp³-hybridized carbons (Fsp3) is 0.280. The number of carbonyl (C=O) groups excluding carboxylic acids is 2. The van der Waals surface area contributed by atoms with Crippen molar-refractivity contribution in [2.24, 2.45) is 0 Å². The molecule has 1 aliphatic rings. The lowest BCUT2D eigenvalue weighted by atomic mass is 9.90. The number of ether oxygens (including phenoxy) is 2. The van der Waals surface area contributed by atoms with Crippen LogP contribution in [0.2, 0.25) is 0 Å². The fourth-order valence-corrected chi connectivity index (χ4v) is 4.94. The van der Waals surface area contributed by atoms with Crippen LogP contribution in [0.25, 0.3) is 0 Å². The van der Waals surface area contributed by atoms with E-state index in [-0.39, 0.29) is 24.3 Å². The first-order valence-corrected chi connectivity index (χ1v) is 11.4. The third-order valence-electron chi connectivity index (χ3n) is 5.67. The van der Waals surface area contributed by atoms with E-state index in [0.717, 1.165) is 22.4 Å². The molecule has 4 rings (SSSR count). The van der Waals surface area contributed by atoms with Gasteiger partial charge in [0.1, 0.15) is 0 Å². The normalized spacial score (nSPS) is 15.1. The monoisotopic (exact) mass is 450 g/mol. The molecule has 166 valence electrons. The highest BCUT2D eigenvalue weighted by atomic mass is 32.1. The molecule has 0 radical (unpaired) electrons. The number of benzene rings is 2. The largest absolute Gasteiger partial charge is 0.493 e. The number of thiophene rings is 1. The van der Waals surface area contributed by atoms with Gasteiger partial charge in [0, 0.05) is 30.0 Å². The van der Waals surface area contributed by atoms with Gasteiger partial charge in [-0.25, -0.2) is 0 Å². The third-order valence-corrected chi connectivity index (χ3v) is 6.59. The van der Waals surface area contributed by atoms with Crippen molar-refractivity contribution < 1.29 is 19.1 Å². The molecule has 6 nitrogen and oxygen atoms in total. The number of nitrogens with zero attached hydrogens (tertiary/aromatic N) is 1. The Balaban J connectivity index is 1.53. The first-order valence-electron chi connectivity index (χ1n) is 10.5. The topological polar surface area (TPSA) is 67.9 Å². The van der Waals surface area contributed by atoms with Crippen LogP contribution in [0.5, 0.6) is 11.5 Å². The van der Waals surface area contributed by atoms with Crippen LogP contribution in [-0.2, 0) is 11.2 Å². The maximum Gasteiger partial charge on any atom is 0.251 e. The number of carbonyl (C=O) groups is 2. The molecule has 1 aliphatic heterocycles. The van der Waals surface area contributed by atoms with Crippen molar-refractivity contribution in [1.82, 2.24) is 10.2 Å². The van der Waals surface area contributed by atoms with Crippen LogP contribution in [0.15, 0.2) is 60.0 Å². The second kappa shape index (κ2) is 9.87. The van der Waals surface area contributed by atoms with Crippen LogP contribution < -0.4 is 14.8 Å². The van der Waals surface area contributed by atoms with Crippen LogP contribution >= 0.6 is 11.3 Å². The average Bonchev–Trinajstić information content (AvgIpc) is 3.37. The number of methoxy groups -OCH3 is 2. The molecule has 32 heavy (non-hydrogen) atoms. The Hall–Kier alpha value is -3.32. The molecule has 0 saturated heterocycles. The molecular weight excluding hydrogens is 424 g/mol. The van der Waals surface area contributed by atoms with Gasteiger partial charge < -0.3 is 19.7 Å². The van der Waals surface area contributed by atoms with Gasteiger partial charge in [-0.1, -0.05) is 24.3 Å². The van der Waals surface area contributed by atoms with E-state index in [1.54, 1.807) is 37.7 Å². The summed E-state index contributed by atoms with van der Waals surface area (Å²) in [5, 5.41) is 4.87. The zero-order chi connectivity index (χ0) is 22.5. The van der Waals surface area contributed by atoms with Gasteiger partial charge in [0.15, 0.2) is 11.5 Å². The number of rotatable bonds is 7. The van der Waals surface area contributed by atoms with Crippen molar-refractivity contribution in [2.75, 3.05) is 27.3 Å². The van der Waals surface area contributed by atoms with Gasteiger partial charge >= 0.3 is 0 Å².